The Balaban J connectivity index is 1.13. The molecule has 0 aliphatic carbocycles. The van der Waals surface area contributed by atoms with Crippen LogP contribution in [0.25, 0.3) is 45.6 Å². The molecule has 0 atom stereocenters. The second-order valence-corrected chi connectivity index (χ2v) is 21.0. The van der Waals surface area contributed by atoms with Gasteiger partial charge in [0, 0.05) is 24.8 Å². The Hall–Kier alpha value is -5.88. The average Bonchev–Trinajstić information content (AvgIpc) is 3.24. The maximum absolute atomic E-state index is 5.17. The molecule has 62 heavy (non-hydrogen) atoms. The highest BCUT2D eigenvalue weighted by molar-refractivity contribution is 5.66. The molecule has 0 saturated carbocycles. The molecular formula is C56H64N6. The lowest BCUT2D eigenvalue weighted by Crippen LogP contribution is -2.11. The van der Waals surface area contributed by atoms with E-state index >= 15 is 0 Å². The summed E-state index contributed by atoms with van der Waals surface area (Å²) in [5, 5.41) is 0. The standard InChI is InChI=1S/C56H64N6/c1-53(2,3)41-21-25-57-45(33-41)49-29-39(30-50(61-49)46-34-42(22-26-58-46)54(4,5)6)19-17-37-13-15-38(16-14-37)18-20-40-31-51(47-35-43(23-27-59-47)55(7,8)9)62-52(32-40)48-36-44(24-28-60-48)56(10,11)12/h13-16,21-36H,17-20H2,1-12H3. The fourth-order valence-electron chi connectivity index (χ4n) is 7.59. The van der Waals surface area contributed by atoms with Crippen molar-refractivity contribution in [3.63, 3.8) is 0 Å². The van der Waals surface area contributed by atoms with Crippen LogP contribution in [0.2, 0.25) is 0 Å². The molecule has 0 unspecified atom stereocenters. The molecule has 0 spiro atoms. The van der Waals surface area contributed by atoms with Crippen molar-refractivity contribution in [3.8, 4) is 45.6 Å². The summed E-state index contributed by atoms with van der Waals surface area (Å²) in [5.74, 6) is 0. The van der Waals surface area contributed by atoms with Crippen molar-refractivity contribution in [2.75, 3.05) is 0 Å². The molecule has 0 radical (unpaired) electrons. The minimum Gasteiger partial charge on any atom is -0.255 e. The molecule has 318 valence electrons. The van der Waals surface area contributed by atoms with Crippen LogP contribution in [0.3, 0.4) is 0 Å². The highest BCUT2D eigenvalue weighted by atomic mass is 14.8. The molecule has 7 rings (SSSR count). The SMILES string of the molecule is CC(C)(C)c1ccnc(-c2cc(CCc3ccc(CCc4cc(-c5cc(C(C)(C)C)ccn5)nc(-c5cc(C(C)(C)C)ccn5)c4)cc3)cc(-c3cc(C(C)(C)C)ccn3)n2)c1. The molecule has 0 N–H and O–H groups in total. The smallest absolute Gasteiger partial charge is 0.0897 e. The Morgan fingerprint density at radius 2 is 0.500 bits per heavy atom. The molecule has 0 bridgehead atoms. The topological polar surface area (TPSA) is 77.3 Å². The largest absolute Gasteiger partial charge is 0.255 e. The third-order valence-corrected chi connectivity index (χ3v) is 11.8. The molecule has 0 saturated heterocycles. The first-order valence-electron chi connectivity index (χ1n) is 22.2. The zero-order valence-corrected chi connectivity index (χ0v) is 39.1. The van der Waals surface area contributed by atoms with Crippen molar-refractivity contribution < 1.29 is 0 Å². The van der Waals surface area contributed by atoms with Crippen molar-refractivity contribution >= 4 is 0 Å². The van der Waals surface area contributed by atoms with Gasteiger partial charge in [-0.3, -0.25) is 19.9 Å². The number of hydrogen-bond acceptors (Lipinski definition) is 6. The highest BCUT2D eigenvalue weighted by Crippen LogP contribution is 2.32. The first-order valence-corrected chi connectivity index (χ1v) is 22.2. The monoisotopic (exact) mass is 821 g/mol. The van der Waals surface area contributed by atoms with Gasteiger partial charge in [0.05, 0.1) is 45.6 Å². The zero-order valence-electron chi connectivity index (χ0n) is 39.1. The minimum absolute atomic E-state index is 0.00328. The molecule has 0 aliphatic rings. The molecule has 6 nitrogen and oxygen atoms in total. The number of aryl methyl sites for hydroxylation is 4. The van der Waals surface area contributed by atoms with E-state index in [1.54, 1.807) is 0 Å². The van der Waals surface area contributed by atoms with E-state index < -0.39 is 0 Å². The van der Waals surface area contributed by atoms with Crippen molar-refractivity contribution in [2.45, 2.75) is 130 Å². The molecule has 1 aromatic carbocycles. The average molecular weight is 821 g/mol. The van der Waals surface area contributed by atoms with Gasteiger partial charge in [-0.05, 0) is 165 Å². The van der Waals surface area contributed by atoms with E-state index in [1.165, 1.54) is 44.5 Å². The van der Waals surface area contributed by atoms with E-state index in [4.69, 9.17) is 29.9 Å². The zero-order chi connectivity index (χ0) is 44.5. The predicted molar refractivity (Wildman–Crippen MR) is 257 cm³/mol. The Kier molecular flexibility index (Phi) is 12.5. The van der Waals surface area contributed by atoms with Gasteiger partial charge in [-0.1, -0.05) is 107 Å². The van der Waals surface area contributed by atoms with Crippen molar-refractivity contribution in [3.05, 3.63) is 166 Å². The van der Waals surface area contributed by atoms with Crippen LogP contribution in [0.4, 0.5) is 0 Å². The van der Waals surface area contributed by atoms with Crippen molar-refractivity contribution in [1.29, 1.82) is 0 Å². The van der Waals surface area contributed by atoms with E-state index in [1.807, 2.05) is 24.8 Å². The lowest BCUT2D eigenvalue weighted by Gasteiger charge is -2.20. The summed E-state index contributed by atoms with van der Waals surface area (Å²) in [6.07, 6.45) is 11.2. The van der Waals surface area contributed by atoms with Gasteiger partial charge >= 0.3 is 0 Å². The molecule has 6 aromatic heterocycles. The summed E-state index contributed by atoms with van der Waals surface area (Å²) in [5.41, 5.74) is 17.0. The first-order chi connectivity index (χ1) is 29.2. The Labute approximate surface area is 370 Å². The lowest BCUT2D eigenvalue weighted by molar-refractivity contribution is 0.589. The van der Waals surface area contributed by atoms with Gasteiger partial charge in [0.2, 0.25) is 0 Å². The van der Waals surface area contributed by atoms with Crippen LogP contribution < -0.4 is 0 Å². The third-order valence-electron chi connectivity index (χ3n) is 11.8. The van der Waals surface area contributed by atoms with Crippen LogP contribution >= 0.6 is 0 Å². The van der Waals surface area contributed by atoms with E-state index in [0.717, 1.165) is 71.2 Å². The van der Waals surface area contributed by atoms with Gasteiger partial charge in [-0.2, -0.15) is 0 Å². The summed E-state index contributed by atoms with van der Waals surface area (Å²) < 4.78 is 0. The summed E-state index contributed by atoms with van der Waals surface area (Å²) >= 11 is 0. The third kappa shape index (κ3) is 10.9. The highest BCUT2D eigenvalue weighted by Gasteiger charge is 2.20. The normalized spacial score (nSPS) is 12.5. The summed E-state index contributed by atoms with van der Waals surface area (Å²) in [4.78, 5) is 29.5. The van der Waals surface area contributed by atoms with Gasteiger partial charge in [0.25, 0.3) is 0 Å². The van der Waals surface area contributed by atoms with Gasteiger partial charge < -0.3 is 0 Å². The minimum atomic E-state index is 0.00328. The fourth-order valence-corrected chi connectivity index (χ4v) is 7.59. The number of hydrogen-bond donors (Lipinski definition) is 0. The van der Waals surface area contributed by atoms with Gasteiger partial charge in [0.15, 0.2) is 0 Å². The van der Waals surface area contributed by atoms with Crippen LogP contribution in [-0.2, 0) is 47.3 Å². The van der Waals surface area contributed by atoms with Crippen molar-refractivity contribution in [2.24, 2.45) is 0 Å². The van der Waals surface area contributed by atoms with Crippen LogP contribution in [-0.4, -0.2) is 29.9 Å². The van der Waals surface area contributed by atoms with Crippen LogP contribution in [0, 0.1) is 0 Å². The first kappa shape index (κ1) is 44.2. The fraction of sp³-hybridized carbons (Fsp3) is 0.357. The van der Waals surface area contributed by atoms with E-state index in [2.05, 4.69) is 180 Å². The summed E-state index contributed by atoms with van der Waals surface area (Å²) in [7, 11) is 0. The van der Waals surface area contributed by atoms with Crippen LogP contribution in [0.5, 0.6) is 0 Å². The number of rotatable bonds is 10. The quantitative estimate of drug-likeness (QED) is 0.137. The van der Waals surface area contributed by atoms with Crippen LogP contribution in [0.1, 0.15) is 128 Å². The molecule has 7 aromatic rings. The Morgan fingerprint density at radius 1 is 0.274 bits per heavy atom. The second-order valence-electron chi connectivity index (χ2n) is 21.0. The number of pyridine rings is 6. The lowest BCUT2D eigenvalue weighted by atomic mass is 9.87. The van der Waals surface area contributed by atoms with Gasteiger partial charge in [-0.15, -0.1) is 0 Å². The number of benzene rings is 1. The Morgan fingerprint density at radius 3 is 0.726 bits per heavy atom. The number of nitrogens with zero attached hydrogens (tertiary/aromatic N) is 6. The maximum atomic E-state index is 5.17. The summed E-state index contributed by atoms with van der Waals surface area (Å²) in [6.45, 7) is 26.8. The van der Waals surface area contributed by atoms with E-state index in [-0.39, 0.29) is 21.7 Å². The predicted octanol–water partition coefficient (Wildman–Crippen LogP) is 13.5. The maximum Gasteiger partial charge on any atom is 0.0897 e. The van der Waals surface area contributed by atoms with Crippen molar-refractivity contribution in [1.82, 2.24) is 29.9 Å². The Bertz CT molecular complexity index is 2330. The molecule has 6 heteroatoms. The number of aromatic nitrogens is 6. The van der Waals surface area contributed by atoms with E-state index in [9.17, 15) is 0 Å². The molecule has 0 aliphatic heterocycles. The van der Waals surface area contributed by atoms with Gasteiger partial charge in [0.1, 0.15) is 0 Å². The van der Waals surface area contributed by atoms with Crippen LogP contribution in [0.15, 0.2) is 122 Å². The second kappa shape index (κ2) is 17.5. The van der Waals surface area contributed by atoms with E-state index in [0.29, 0.717) is 0 Å². The summed E-state index contributed by atoms with van der Waals surface area (Å²) in [6, 6.07) is 35.1. The molecular weight excluding hydrogens is 757 g/mol. The van der Waals surface area contributed by atoms with Gasteiger partial charge in [-0.25, -0.2) is 9.97 Å². The molecule has 0 fully saturated rings. The molecule has 0 amide bonds. The molecule has 6 heterocycles.